The largest absolute Gasteiger partial charge is 1.00 e. The van der Waals surface area contributed by atoms with Gasteiger partial charge in [-0.15, -0.1) is 0 Å². The number of hydrogen-bond donors (Lipinski definition) is 2. The number of esters is 2. The second kappa shape index (κ2) is 40.2. The van der Waals surface area contributed by atoms with Gasteiger partial charge in [-0.1, -0.05) is 208 Å². The van der Waals surface area contributed by atoms with Crippen LogP contribution in [0.4, 0.5) is 0 Å². The number of aromatic carboxylic acids is 1. The summed E-state index contributed by atoms with van der Waals surface area (Å²) in [4.78, 5) is 40.7. The molecule has 12 saturated carbocycles. The SMILES string of the molecule is C=C(C)[C@@H]1CC[C@]2(CN)CC[C@]3(C)[C@H](CC[C@@H]4[C@@]5(C)CC=C(c6ccc(C(=O)OC)cc6)C(C)(C)[C@@H]5CC[C@]43C)[C@@H]12.C=C(C)[C@@H]1CC[C@]2(CN3CCS(=O)(=O)CC3)CC[C@]3(C)[C@H](CC[C@@H]4[C@@]5(C)CC=C(c6ccc(C(=O)O)cc6)C(C)(C)[C@@H]5CC[C@]43C)[C@@H]12.C=C(C)[C@@H]1CC[C@]2(CN3CCS(=O)(=O)CC3)CC[C@]3(C)[C@H](CC[C@@H]4[C@@]5(C)CC=C(c6ccc(C(=O)OC)cc6)C(C)(C)[C@@H]5CC[C@]43C)[C@@H]12.C=CS(=O)(=O)C=C.[Na+].[OH-]. The Morgan fingerprint density at radius 2 is 0.662 bits per heavy atom. The molecule has 3 aromatic rings. The van der Waals surface area contributed by atoms with E-state index in [1.54, 1.807) is 12.1 Å². The number of fused-ring (bicyclic) bond motifs is 21. The molecule has 0 spiro atoms. The van der Waals surface area contributed by atoms with Gasteiger partial charge in [0.15, 0.2) is 29.5 Å². The molecule has 3 aromatic carbocycles. The number of nitrogens with zero attached hydrogens (tertiary/aromatic N) is 2. The van der Waals surface area contributed by atoms with E-state index in [4.69, 9.17) is 15.2 Å². The number of carbonyl (C=O) groups is 3. The van der Waals surface area contributed by atoms with E-state index in [1.165, 1.54) is 218 Å². The molecule has 4 N–H and O–H groups in total. The summed E-state index contributed by atoms with van der Waals surface area (Å²) in [6.45, 7) is 71.6. The van der Waals surface area contributed by atoms with Gasteiger partial charge in [-0.2, -0.15) is 0 Å². The first-order valence-electron chi connectivity index (χ1n) is 55.7. The van der Waals surface area contributed by atoms with Crippen LogP contribution in [-0.4, -0.2) is 147 Å². The molecule has 0 aromatic heterocycles. The smallest absolute Gasteiger partial charge is 0.870 e. The van der Waals surface area contributed by atoms with E-state index in [0.717, 1.165) is 61.5 Å². The molecule has 2 heterocycles. The number of ether oxygens (including phenoxy) is 2. The van der Waals surface area contributed by atoms with Crippen LogP contribution in [0.5, 0.6) is 0 Å². The van der Waals surface area contributed by atoms with E-state index >= 15 is 0 Å². The number of carboxylic acid groups (broad SMARTS) is 1. The fraction of sp³-hybridized carbons (Fsp3) is 0.704. The third-order valence-corrected chi connectivity index (χ3v) is 52.1. The van der Waals surface area contributed by atoms with Gasteiger partial charge in [0, 0.05) is 50.1 Å². The number of carboxylic acids is 1. The average Bonchev–Trinajstić information content (AvgIpc) is 1.67. The maximum absolute atomic E-state index is 12.3. The van der Waals surface area contributed by atoms with Crippen LogP contribution in [0.1, 0.15) is 346 Å². The number of methoxy groups -OCH3 is 2. The molecule has 2 aliphatic heterocycles. The van der Waals surface area contributed by atoms with Crippen LogP contribution in [0.15, 0.2) is 151 Å². The Balaban J connectivity index is 0.000000157. The Morgan fingerprint density at radius 1 is 0.393 bits per heavy atom. The monoisotopic (exact) mass is 2050 g/mol. The van der Waals surface area contributed by atoms with Crippen LogP contribution in [0.2, 0.25) is 0 Å². The van der Waals surface area contributed by atoms with E-state index in [-0.39, 0.29) is 95.7 Å². The maximum atomic E-state index is 12.3. The van der Waals surface area contributed by atoms with Gasteiger partial charge in [-0.05, 0) is 440 Å². The van der Waals surface area contributed by atoms with Crippen LogP contribution >= 0.6 is 0 Å². The molecule has 794 valence electrons. The number of carbonyl (C=O) groups excluding carboxylic acids is 2. The molecule has 0 amide bonds. The van der Waals surface area contributed by atoms with Crippen molar-refractivity contribution in [2.75, 3.05) is 83.0 Å². The third-order valence-electron chi connectivity index (χ3n) is 47.9. The zero-order valence-corrected chi connectivity index (χ0v) is 97.4. The van der Waals surface area contributed by atoms with E-state index in [0.29, 0.717) is 175 Å². The van der Waals surface area contributed by atoms with Gasteiger partial charge >= 0.3 is 47.5 Å². The van der Waals surface area contributed by atoms with Gasteiger partial charge in [-0.25, -0.2) is 39.6 Å². The van der Waals surface area contributed by atoms with E-state index in [1.807, 2.05) is 36.4 Å². The standard InChI is InChI=1S/C42H61NO4S.C41H59NO4S.C38H55NO2.C4H6O2S.Na.H2O/c1-28(2)31-15-20-42(27-43-23-25-48(45,46)26-24-43)22-21-40(6)33(36(31)42)13-14-35-39(5)18-16-32(29-9-11-30(12-10-29)37(44)47-8)38(3,4)34(39)17-19-41(35,40)7;1-27(2)30-14-19-41(26-42-22-24-47(45,46)25-23-42)21-20-39(6)32(35(30)41)12-13-34-38(5)17-15-31(28-8-10-29(11-9-28)36(43)44)37(3,4)33(38)16-18-40(34,39)7;1-24(2)27-15-20-38(23-39)22-21-36(6)29(32(27)38)13-14-31-35(5)18-16-28(25-9-11-26(12-10-25)33(40)41-8)34(3,4)30(35)17-19-37(31,36)7;1-3-7(5,6)4-2;;/h9-12,16,31,33-36H,1,13-15,17-27H2,2-8H3;8-11,15,30,32-35H,1,12-14,16-26H2,2-7H3,(H,43,44);9-12,16,27,29-32H,1,13-15,17-23,39H2,2-8H3;3-4H,1-2H2;;1H2/q;;;;+1;/p-1/t31-,33+,34-,35+,36+,39-,40+,41+,42+;30-,32+,33-,34+,35+,38-,39+,40+,41+;27-,29+,30-,31+,32+,35-,36+,37+,38+;;;/m000.../s1. The van der Waals surface area contributed by atoms with Gasteiger partial charge in [0.05, 0.1) is 53.9 Å². The normalized spacial score (nSPS) is 41.6. The van der Waals surface area contributed by atoms with Crippen LogP contribution in [-0.2, 0) is 39.0 Å². The number of benzene rings is 3. The number of rotatable bonds is 16. The summed E-state index contributed by atoms with van der Waals surface area (Å²) in [7, 11) is -6.01. The Labute approximate surface area is 897 Å². The van der Waals surface area contributed by atoms with Crippen LogP contribution in [0, 0.1) is 170 Å². The van der Waals surface area contributed by atoms with Crippen molar-refractivity contribution in [2.45, 2.75) is 298 Å². The summed E-state index contributed by atoms with van der Waals surface area (Å²) in [5, 5.41) is 11.2. The second-order valence-corrected chi connectivity index (χ2v) is 60.7. The molecule has 17 aliphatic rings. The van der Waals surface area contributed by atoms with Gasteiger partial charge < -0.3 is 35.6 Å². The van der Waals surface area contributed by atoms with Gasteiger partial charge in [0.2, 0.25) is 0 Å². The van der Waals surface area contributed by atoms with Crippen molar-refractivity contribution in [2.24, 2.45) is 176 Å². The summed E-state index contributed by atoms with van der Waals surface area (Å²) < 4.78 is 79.3. The van der Waals surface area contributed by atoms with Crippen molar-refractivity contribution in [3.63, 3.8) is 0 Å². The first-order valence-corrected chi connectivity index (χ1v) is 61.0. The molecule has 145 heavy (non-hydrogen) atoms. The van der Waals surface area contributed by atoms with Crippen molar-refractivity contribution in [1.82, 2.24) is 9.80 Å². The number of allylic oxidation sites excluding steroid dienone is 9. The zero-order valence-electron chi connectivity index (χ0n) is 93.0. The molecule has 0 unspecified atom stereocenters. The van der Waals surface area contributed by atoms with Crippen LogP contribution in [0.25, 0.3) is 16.7 Å². The molecule has 14 fully saturated rings. The summed E-state index contributed by atoms with van der Waals surface area (Å²) >= 11 is 0. The quantitative estimate of drug-likeness (QED) is 0.0768. The first kappa shape index (κ1) is 114. The Hall–Kier alpha value is -5.32. The molecule has 2 saturated heterocycles. The molecule has 16 nitrogen and oxygen atoms in total. The van der Waals surface area contributed by atoms with E-state index < -0.39 is 35.5 Å². The molecule has 15 aliphatic carbocycles. The molecular weight excluding hydrogens is 1870 g/mol. The number of hydrogen-bond acceptors (Lipinski definition) is 15. The molecule has 20 rings (SSSR count). The van der Waals surface area contributed by atoms with E-state index in [9.17, 15) is 44.7 Å². The zero-order chi connectivity index (χ0) is 104. The summed E-state index contributed by atoms with van der Waals surface area (Å²) in [6.07, 6.45) is 42.1. The van der Waals surface area contributed by atoms with Crippen molar-refractivity contribution < 1.29 is 89.3 Å². The number of sulfone groups is 3. The number of nitrogens with two attached hydrogens (primary N) is 1. The topological polar surface area (TPSA) is 255 Å². The van der Waals surface area contributed by atoms with Crippen LogP contribution < -0.4 is 35.3 Å². The minimum Gasteiger partial charge on any atom is -0.870 e. The summed E-state index contributed by atoms with van der Waals surface area (Å²) in [5.74, 6) is 9.77. The van der Waals surface area contributed by atoms with Crippen molar-refractivity contribution in [3.8, 4) is 0 Å². The Morgan fingerprint density at radius 3 is 0.917 bits per heavy atom. The molecule has 27 atom stereocenters. The maximum Gasteiger partial charge on any atom is 1.00 e. The van der Waals surface area contributed by atoms with Gasteiger partial charge in [-0.3, -0.25) is 0 Å². The second-order valence-electron chi connectivity index (χ2n) is 54.3. The summed E-state index contributed by atoms with van der Waals surface area (Å²) in [5.41, 5.74) is 24.0. The van der Waals surface area contributed by atoms with Crippen molar-refractivity contribution in [1.29, 1.82) is 0 Å². The van der Waals surface area contributed by atoms with Crippen molar-refractivity contribution in [3.05, 3.63) is 185 Å². The van der Waals surface area contributed by atoms with Crippen LogP contribution in [0.3, 0.4) is 0 Å². The minimum absolute atomic E-state index is 0. The fourth-order valence-corrected chi connectivity index (χ4v) is 43.1. The average molecular weight is 2050 g/mol. The van der Waals surface area contributed by atoms with E-state index in [2.05, 4.69) is 210 Å². The Bertz CT molecular complexity index is 5890. The predicted molar refractivity (Wildman–Crippen MR) is 586 cm³/mol. The summed E-state index contributed by atoms with van der Waals surface area (Å²) in [6, 6.07) is 23.8. The molecule has 0 bridgehead atoms. The van der Waals surface area contributed by atoms with Gasteiger partial charge in [0.25, 0.3) is 0 Å². The first-order chi connectivity index (χ1) is 66.9. The molecule has 20 heteroatoms. The van der Waals surface area contributed by atoms with Crippen molar-refractivity contribution >= 4 is 64.1 Å². The third kappa shape index (κ3) is 18.5. The minimum atomic E-state index is -3.13. The molecular formula is C125H182N3NaO13S3. The van der Waals surface area contributed by atoms with Gasteiger partial charge in [0.1, 0.15) is 0 Å². The predicted octanol–water partition coefficient (Wildman–Crippen LogP) is 24.2. The molecule has 0 radical (unpaired) electrons. The Kier molecular flexibility index (Phi) is 31.5. The fourth-order valence-electron chi connectivity index (χ4n) is 40.4.